The molecule has 0 radical (unpaired) electrons. The molecule has 0 aliphatic heterocycles. The van der Waals surface area contributed by atoms with E-state index in [0.717, 1.165) is 31.2 Å². The lowest BCUT2D eigenvalue weighted by Crippen LogP contribution is -2.25. The average Bonchev–Trinajstić information content (AvgIpc) is 2.37. The lowest BCUT2D eigenvalue weighted by atomic mass is 10.2. The van der Waals surface area contributed by atoms with Crippen LogP contribution in [-0.2, 0) is 0 Å². The summed E-state index contributed by atoms with van der Waals surface area (Å²) in [5.41, 5.74) is 0. The summed E-state index contributed by atoms with van der Waals surface area (Å²) in [6, 6.07) is 7.72. The zero-order chi connectivity index (χ0) is 12.5. The molecule has 1 N–H and O–H groups in total. The molecule has 0 aromatic heterocycles. The molecule has 0 fully saturated rings. The molecular weight excluding hydrogens is 214 g/mol. The van der Waals surface area contributed by atoms with Gasteiger partial charge >= 0.3 is 0 Å². The van der Waals surface area contributed by atoms with Gasteiger partial charge in [-0.25, -0.2) is 0 Å². The second kappa shape index (κ2) is 7.96. The monoisotopic (exact) mass is 237 g/mol. The van der Waals surface area contributed by atoms with Crippen molar-refractivity contribution in [2.75, 3.05) is 26.8 Å². The molecule has 1 unspecified atom stereocenters. The highest BCUT2D eigenvalue weighted by Crippen LogP contribution is 2.19. The molecule has 0 spiro atoms. The van der Waals surface area contributed by atoms with E-state index in [0.29, 0.717) is 5.92 Å². The molecule has 1 atom stereocenters. The summed E-state index contributed by atoms with van der Waals surface area (Å²) in [5, 5.41) is 3.39. The fraction of sp³-hybridized carbons (Fsp3) is 0.571. The molecule has 3 heteroatoms. The van der Waals surface area contributed by atoms with E-state index in [1.54, 1.807) is 7.11 Å². The van der Waals surface area contributed by atoms with Crippen LogP contribution in [0, 0.1) is 5.92 Å². The summed E-state index contributed by atoms with van der Waals surface area (Å²) >= 11 is 0. The molecular formula is C14H23NO2. The van der Waals surface area contributed by atoms with Gasteiger partial charge in [-0.1, -0.05) is 19.9 Å². The first-order valence-electron chi connectivity index (χ1n) is 6.23. The van der Waals surface area contributed by atoms with Crippen molar-refractivity contribution in [3.05, 3.63) is 24.3 Å². The van der Waals surface area contributed by atoms with Crippen LogP contribution in [0.5, 0.6) is 11.5 Å². The van der Waals surface area contributed by atoms with Crippen molar-refractivity contribution < 1.29 is 9.47 Å². The van der Waals surface area contributed by atoms with E-state index >= 15 is 0 Å². The molecule has 3 nitrogen and oxygen atoms in total. The van der Waals surface area contributed by atoms with Crippen LogP contribution in [0.4, 0.5) is 0 Å². The van der Waals surface area contributed by atoms with Gasteiger partial charge in [0.05, 0.1) is 13.7 Å². The van der Waals surface area contributed by atoms with Crippen molar-refractivity contribution in [3.63, 3.8) is 0 Å². The molecule has 0 saturated carbocycles. The highest BCUT2D eigenvalue weighted by molar-refractivity contribution is 5.32. The maximum absolute atomic E-state index is 5.72. The average molecular weight is 237 g/mol. The van der Waals surface area contributed by atoms with Gasteiger partial charge in [0.2, 0.25) is 0 Å². The van der Waals surface area contributed by atoms with Crippen molar-refractivity contribution in [3.8, 4) is 11.5 Å². The van der Waals surface area contributed by atoms with E-state index in [2.05, 4.69) is 19.2 Å². The number of rotatable bonds is 8. The first-order chi connectivity index (χ1) is 8.26. The summed E-state index contributed by atoms with van der Waals surface area (Å²) in [6.07, 6.45) is 1.17. The number of hydrogen-bond donors (Lipinski definition) is 1. The Balaban J connectivity index is 2.28. The second-order valence-corrected chi connectivity index (χ2v) is 4.30. The number of methoxy groups -OCH3 is 1. The molecule has 96 valence electrons. The molecule has 0 amide bonds. The third kappa shape index (κ3) is 5.59. The molecule has 0 saturated heterocycles. The molecule has 17 heavy (non-hydrogen) atoms. The van der Waals surface area contributed by atoms with Crippen LogP contribution in [0.3, 0.4) is 0 Å². The highest BCUT2D eigenvalue weighted by atomic mass is 16.5. The van der Waals surface area contributed by atoms with Crippen LogP contribution in [-0.4, -0.2) is 26.8 Å². The molecule has 0 aliphatic carbocycles. The topological polar surface area (TPSA) is 30.5 Å². The maximum atomic E-state index is 5.72. The number of benzene rings is 1. The van der Waals surface area contributed by atoms with Crippen molar-refractivity contribution in [1.82, 2.24) is 5.32 Å². The molecule has 0 heterocycles. The largest absolute Gasteiger partial charge is 0.497 e. The van der Waals surface area contributed by atoms with Gasteiger partial charge in [0, 0.05) is 18.5 Å². The Morgan fingerprint density at radius 2 is 2.06 bits per heavy atom. The van der Waals surface area contributed by atoms with E-state index in [-0.39, 0.29) is 0 Å². The minimum absolute atomic E-state index is 0.507. The smallest absolute Gasteiger partial charge is 0.122 e. The Morgan fingerprint density at radius 3 is 2.76 bits per heavy atom. The summed E-state index contributed by atoms with van der Waals surface area (Å²) in [6.45, 7) is 7.15. The van der Waals surface area contributed by atoms with E-state index in [4.69, 9.17) is 9.47 Å². The molecule has 1 aromatic carbocycles. The first kappa shape index (κ1) is 13.8. The predicted molar refractivity (Wildman–Crippen MR) is 70.8 cm³/mol. The summed E-state index contributed by atoms with van der Waals surface area (Å²) in [5.74, 6) is 2.21. The van der Waals surface area contributed by atoms with Crippen LogP contribution in [0.2, 0.25) is 0 Å². The number of ether oxygens (including phenoxy) is 2. The van der Waals surface area contributed by atoms with Gasteiger partial charge in [-0.05, 0) is 25.1 Å². The Bertz CT molecular complexity index is 315. The zero-order valence-corrected chi connectivity index (χ0v) is 11.0. The van der Waals surface area contributed by atoms with Crippen LogP contribution in [0.1, 0.15) is 20.3 Å². The van der Waals surface area contributed by atoms with Crippen LogP contribution in [0.15, 0.2) is 24.3 Å². The summed E-state index contributed by atoms with van der Waals surface area (Å²) in [7, 11) is 1.66. The third-order valence-corrected chi connectivity index (χ3v) is 2.50. The van der Waals surface area contributed by atoms with E-state index in [1.165, 1.54) is 6.42 Å². The Kier molecular flexibility index (Phi) is 6.48. The molecule has 0 aliphatic rings. The minimum atomic E-state index is 0.507. The fourth-order valence-electron chi connectivity index (χ4n) is 1.51. The predicted octanol–water partition coefficient (Wildman–Crippen LogP) is 2.71. The molecule has 1 aromatic rings. The SMILES string of the molecule is CCCNCC(C)COc1cccc(OC)c1. The van der Waals surface area contributed by atoms with E-state index in [9.17, 15) is 0 Å². The van der Waals surface area contributed by atoms with Gasteiger partial charge < -0.3 is 14.8 Å². The lowest BCUT2D eigenvalue weighted by molar-refractivity contribution is 0.254. The van der Waals surface area contributed by atoms with Crippen molar-refractivity contribution in [1.29, 1.82) is 0 Å². The van der Waals surface area contributed by atoms with E-state index < -0.39 is 0 Å². The highest BCUT2D eigenvalue weighted by Gasteiger charge is 2.03. The summed E-state index contributed by atoms with van der Waals surface area (Å²) < 4.78 is 10.9. The summed E-state index contributed by atoms with van der Waals surface area (Å²) in [4.78, 5) is 0. The van der Waals surface area contributed by atoms with Crippen molar-refractivity contribution in [2.45, 2.75) is 20.3 Å². The standard InChI is InChI=1S/C14H23NO2/c1-4-8-15-10-12(2)11-17-14-7-5-6-13(9-14)16-3/h5-7,9,12,15H,4,8,10-11H2,1-3H3. The maximum Gasteiger partial charge on any atom is 0.122 e. The van der Waals surface area contributed by atoms with Gasteiger partial charge in [-0.15, -0.1) is 0 Å². The van der Waals surface area contributed by atoms with Crippen LogP contribution in [0.25, 0.3) is 0 Å². The third-order valence-electron chi connectivity index (χ3n) is 2.50. The van der Waals surface area contributed by atoms with Gasteiger partial charge in [0.15, 0.2) is 0 Å². The molecule has 0 bridgehead atoms. The van der Waals surface area contributed by atoms with Crippen LogP contribution < -0.4 is 14.8 Å². The molecule has 1 rings (SSSR count). The fourth-order valence-corrected chi connectivity index (χ4v) is 1.51. The van der Waals surface area contributed by atoms with Gasteiger partial charge in [-0.3, -0.25) is 0 Å². The number of hydrogen-bond acceptors (Lipinski definition) is 3. The quantitative estimate of drug-likeness (QED) is 0.705. The number of nitrogens with one attached hydrogen (secondary N) is 1. The second-order valence-electron chi connectivity index (χ2n) is 4.30. The van der Waals surface area contributed by atoms with Crippen LogP contribution >= 0.6 is 0 Å². The van der Waals surface area contributed by atoms with Gasteiger partial charge in [0.1, 0.15) is 11.5 Å². The van der Waals surface area contributed by atoms with Gasteiger partial charge in [-0.2, -0.15) is 0 Å². The Labute approximate surface area is 104 Å². The lowest BCUT2D eigenvalue weighted by Gasteiger charge is -2.14. The van der Waals surface area contributed by atoms with Crippen molar-refractivity contribution >= 4 is 0 Å². The zero-order valence-electron chi connectivity index (χ0n) is 11.0. The normalized spacial score (nSPS) is 12.2. The first-order valence-corrected chi connectivity index (χ1v) is 6.23. The van der Waals surface area contributed by atoms with Crippen molar-refractivity contribution in [2.24, 2.45) is 5.92 Å². The Morgan fingerprint density at radius 1 is 1.29 bits per heavy atom. The van der Waals surface area contributed by atoms with Gasteiger partial charge in [0.25, 0.3) is 0 Å². The van der Waals surface area contributed by atoms with E-state index in [1.807, 2.05) is 24.3 Å². The Hall–Kier alpha value is -1.22. The minimum Gasteiger partial charge on any atom is -0.497 e.